The summed E-state index contributed by atoms with van der Waals surface area (Å²) in [6.45, 7) is 7.62. The van der Waals surface area contributed by atoms with Crippen molar-refractivity contribution in [3.05, 3.63) is 0 Å². The average molecular weight is 449 g/mol. The molecule has 0 radical (unpaired) electrons. The zero-order valence-corrected chi connectivity index (χ0v) is 20.1. The summed E-state index contributed by atoms with van der Waals surface area (Å²) in [7, 11) is 0. The zero-order valence-electron chi connectivity index (χ0n) is 18.5. The van der Waals surface area contributed by atoms with Crippen molar-refractivity contribution in [2.45, 2.75) is 122 Å². The van der Waals surface area contributed by atoms with E-state index < -0.39 is 0 Å². The summed E-state index contributed by atoms with van der Waals surface area (Å²) in [6.07, 6.45) is 25.8. The largest absolute Gasteiger partial charge is 1.00 e. The smallest absolute Gasteiger partial charge is 0.102 e. The predicted molar refractivity (Wildman–Crippen MR) is 116 cm³/mol. The monoisotopic (exact) mass is 447 g/mol. The van der Waals surface area contributed by atoms with Crippen LogP contribution in [0.5, 0.6) is 0 Å². The molecule has 1 saturated heterocycles. The minimum Gasteiger partial charge on any atom is -1.00 e. The average Bonchev–Trinajstić information content (AvgIpc) is 3.10. The van der Waals surface area contributed by atoms with Gasteiger partial charge in [0.1, 0.15) is 6.54 Å². The van der Waals surface area contributed by atoms with Crippen LogP contribution in [0.2, 0.25) is 0 Å². The molecule has 0 aliphatic carbocycles. The molecule has 1 rings (SSSR count). The van der Waals surface area contributed by atoms with Crippen LogP contribution in [0.15, 0.2) is 0 Å². The van der Waals surface area contributed by atoms with E-state index in [2.05, 4.69) is 6.92 Å². The van der Waals surface area contributed by atoms with Crippen LogP contribution in [-0.4, -0.2) is 42.4 Å². The van der Waals surface area contributed by atoms with E-state index in [9.17, 15) is 5.11 Å². The highest BCUT2D eigenvalue weighted by Gasteiger charge is 2.30. The molecule has 1 N–H and O–H groups in total. The Labute approximate surface area is 181 Å². The summed E-state index contributed by atoms with van der Waals surface area (Å²) in [5.41, 5.74) is 0. The van der Waals surface area contributed by atoms with Crippen LogP contribution in [0.3, 0.4) is 0 Å². The maximum Gasteiger partial charge on any atom is 0.102 e. The number of aliphatic hydroxyl groups is 1. The Morgan fingerprint density at radius 2 is 0.926 bits per heavy atom. The number of hydrogen-bond donors (Lipinski definition) is 1. The van der Waals surface area contributed by atoms with E-state index in [0.717, 1.165) is 6.54 Å². The third-order valence-corrected chi connectivity index (χ3v) is 6.58. The Morgan fingerprint density at radius 3 is 1.30 bits per heavy atom. The lowest BCUT2D eigenvalue weighted by molar-refractivity contribution is -0.917. The standard InChI is InChI=1S/C24H50NO.BrH/c1-2-3-4-5-6-7-8-9-10-11-12-13-14-15-16-17-20-25(23-24-26)21-18-19-22-25;/h26H,2-24H2,1H3;1H/q+1;/p-1. The normalized spacial score (nSPS) is 15.8. The Balaban J connectivity index is 0.00000676. The highest BCUT2D eigenvalue weighted by atomic mass is 79.9. The van der Waals surface area contributed by atoms with E-state index in [1.54, 1.807) is 0 Å². The Kier molecular flexibility index (Phi) is 20.0. The Bertz CT molecular complexity index is 292. The molecule has 0 aromatic heterocycles. The lowest BCUT2D eigenvalue weighted by atomic mass is 10.0. The van der Waals surface area contributed by atoms with Gasteiger partial charge in [0.05, 0.1) is 26.2 Å². The van der Waals surface area contributed by atoms with E-state index >= 15 is 0 Å². The number of unbranched alkanes of at least 4 members (excludes halogenated alkanes) is 15. The second kappa shape index (κ2) is 19.7. The molecule has 0 spiro atoms. The first-order valence-corrected chi connectivity index (χ1v) is 12.3. The first-order chi connectivity index (χ1) is 12.8. The van der Waals surface area contributed by atoms with E-state index in [1.165, 1.54) is 140 Å². The SMILES string of the molecule is CCCCCCCCCCCCCCCCCC[N+]1(CCO)CCCC1.[Br-]. The van der Waals surface area contributed by atoms with Gasteiger partial charge in [-0.25, -0.2) is 0 Å². The number of hydrogen-bond acceptors (Lipinski definition) is 1. The van der Waals surface area contributed by atoms with Crippen molar-refractivity contribution in [1.82, 2.24) is 0 Å². The van der Waals surface area contributed by atoms with Crippen LogP contribution in [0.4, 0.5) is 0 Å². The van der Waals surface area contributed by atoms with Gasteiger partial charge in [-0.2, -0.15) is 0 Å². The van der Waals surface area contributed by atoms with Crippen molar-refractivity contribution in [2.24, 2.45) is 0 Å². The molecule has 0 aromatic rings. The lowest BCUT2D eigenvalue weighted by Gasteiger charge is -2.33. The van der Waals surface area contributed by atoms with Gasteiger partial charge in [0, 0.05) is 12.8 Å². The number of rotatable bonds is 19. The summed E-state index contributed by atoms with van der Waals surface area (Å²) < 4.78 is 1.22. The second-order valence-corrected chi connectivity index (χ2v) is 8.97. The van der Waals surface area contributed by atoms with E-state index in [-0.39, 0.29) is 17.0 Å². The highest BCUT2D eigenvalue weighted by Crippen LogP contribution is 2.21. The number of halogens is 1. The van der Waals surface area contributed by atoms with Gasteiger partial charge in [-0.3, -0.25) is 0 Å². The minimum absolute atomic E-state index is 0. The zero-order chi connectivity index (χ0) is 18.8. The number of quaternary nitrogens is 1. The summed E-state index contributed by atoms with van der Waals surface area (Å²) in [5.74, 6) is 0. The van der Waals surface area contributed by atoms with Gasteiger partial charge in [0.15, 0.2) is 0 Å². The van der Waals surface area contributed by atoms with Gasteiger partial charge < -0.3 is 26.6 Å². The van der Waals surface area contributed by atoms with E-state index in [0.29, 0.717) is 6.61 Å². The summed E-state index contributed by atoms with van der Waals surface area (Å²) in [4.78, 5) is 0. The van der Waals surface area contributed by atoms with Crippen molar-refractivity contribution in [3.8, 4) is 0 Å². The quantitative estimate of drug-likeness (QED) is 0.235. The molecular weight excluding hydrogens is 398 g/mol. The highest BCUT2D eigenvalue weighted by molar-refractivity contribution is 4.56. The first-order valence-electron chi connectivity index (χ1n) is 12.3. The topological polar surface area (TPSA) is 20.2 Å². The third kappa shape index (κ3) is 15.0. The summed E-state index contributed by atoms with van der Waals surface area (Å²) >= 11 is 0. The maximum atomic E-state index is 9.31. The molecule has 1 aliphatic rings. The summed E-state index contributed by atoms with van der Waals surface area (Å²) in [6, 6.07) is 0. The Morgan fingerprint density at radius 1 is 0.556 bits per heavy atom. The predicted octanol–water partition coefficient (Wildman–Crippen LogP) is 3.85. The van der Waals surface area contributed by atoms with Crippen LogP contribution >= 0.6 is 0 Å². The van der Waals surface area contributed by atoms with Gasteiger partial charge >= 0.3 is 0 Å². The molecule has 3 heteroatoms. The van der Waals surface area contributed by atoms with Crippen LogP contribution in [0, 0.1) is 0 Å². The van der Waals surface area contributed by atoms with Crippen molar-refractivity contribution in [2.75, 3.05) is 32.8 Å². The van der Waals surface area contributed by atoms with Gasteiger partial charge in [-0.05, 0) is 12.8 Å². The van der Waals surface area contributed by atoms with Crippen molar-refractivity contribution in [1.29, 1.82) is 0 Å². The van der Waals surface area contributed by atoms with Gasteiger partial charge in [0.2, 0.25) is 0 Å². The minimum atomic E-state index is 0. The summed E-state index contributed by atoms with van der Waals surface area (Å²) in [5, 5.41) is 9.31. The fourth-order valence-electron chi connectivity index (χ4n) is 4.77. The van der Waals surface area contributed by atoms with Crippen LogP contribution < -0.4 is 17.0 Å². The molecule has 0 bridgehead atoms. The fraction of sp³-hybridized carbons (Fsp3) is 1.00. The van der Waals surface area contributed by atoms with Crippen LogP contribution in [0.1, 0.15) is 122 Å². The molecule has 0 saturated carbocycles. The molecule has 1 aliphatic heterocycles. The van der Waals surface area contributed by atoms with Crippen LogP contribution in [0.25, 0.3) is 0 Å². The molecule has 2 nitrogen and oxygen atoms in total. The molecule has 1 heterocycles. The molecule has 0 amide bonds. The lowest BCUT2D eigenvalue weighted by Crippen LogP contribution is -3.00. The first kappa shape index (κ1) is 27.4. The Hall–Kier alpha value is 0.400. The maximum absolute atomic E-state index is 9.31. The molecule has 0 aromatic carbocycles. The number of aliphatic hydroxyl groups excluding tert-OH is 1. The molecular formula is C24H50BrNO. The van der Waals surface area contributed by atoms with E-state index in [4.69, 9.17) is 0 Å². The fourth-order valence-corrected chi connectivity index (χ4v) is 4.77. The molecule has 1 fully saturated rings. The third-order valence-electron chi connectivity index (χ3n) is 6.58. The number of likely N-dealkylation sites (tertiary alicyclic amines) is 1. The van der Waals surface area contributed by atoms with Gasteiger partial charge in [0.25, 0.3) is 0 Å². The van der Waals surface area contributed by atoms with Gasteiger partial charge in [-0.15, -0.1) is 0 Å². The van der Waals surface area contributed by atoms with Crippen LogP contribution in [-0.2, 0) is 0 Å². The van der Waals surface area contributed by atoms with Crippen molar-refractivity contribution >= 4 is 0 Å². The second-order valence-electron chi connectivity index (χ2n) is 8.97. The van der Waals surface area contributed by atoms with E-state index in [1.807, 2.05) is 0 Å². The molecule has 164 valence electrons. The molecule has 0 unspecified atom stereocenters. The molecule has 27 heavy (non-hydrogen) atoms. The van der Waals surface area contributed by atoms with Crippen molar-refractivity contribution in [3.63, 3.8) is 0 Å². The number of nitrogens with zero attached hydrogens (tertiary/aromatic N) is 1. The van der Waals surface area contributed by atoms with Gasteiger partial charge in [-0.1, -0.05) is 96.8 Å². The van der Waals surface area contributed by atoms with Crippen molar-refractivity contribution < 1.29 is 26.6 Å². The molecule has 0 atom stereocenters.